The molecule has 0 aromatic heterocycles. The monoisotopic (exact) mass is 494 g/mol. The third-order valence-electron chi connectivity index (χ3n) is 10.9. The van der Waals surface area contributed by atoms with Crippen molar-refractivity contribution in [1.29, 1.82) is 0 Å². The molecule has 5 rings (SSSR count). The van der Waals surface area contributed by atoms with Crippen LogP contribution in [0.1, 0.15) is 127 Å². The van der Waals surface area contributed by atoms with Crippen LogP contribution in [0.5, 0.6) is 11.5 Å². The van der Waals surface area contributed by atoms with E-state index < -0.39 is 0 Å². The van der Waals surface area contributed by atoms with E-state index in [0.29, 0.717) is 11.5 Å². The molecule has 1 aromatic rings. The highest BCUT2D eigenvalue weighted by molar-refractivity contribution is 5.95. The molecule has 2 saturated carbocycles. The quantitative estimate of drug-likeness (QED) is 0.246. The number of unbranched alkanes of at least 4 members (excludes halogenated alkanes) is 2. The molecule has 2 bridgehead atoms. The van der Waals surface area contributed by atoms with Crippen molar-refractivity contribution in [3.8, 4) is 11.5 Å². The van der Waals surface area contributed by atoms with Crippen LogP contribution >= 0.6 is 0 Å². The topological polar surface area (TPSA) is 55.8 Å². The van der Waals surface area contributed by atoms with Crippen molar-refractivity contribution in [3.63, 3.8) is 0 Å². The molecule has 0 radical (unpaired) electrons. The number of benzene rings is 1. The highest BCUT2D eigenvalue weighted by Crippen LogP contribution is 2.66. The minimum atomic E-state index is -0.353. The number of fused-ring (bicyclic) bond motifs is 5. The number of aromatic hydroxyl groups is 1. The lowest BCUT2D eigenvalue weighted by molar-refractivity contribution is -0.0246. The molecular formula is C32H46O4. The van der Waals surface area contributed by atoms with Crippen molar-refractivity contribution >= 4 is 5.97 Å². The average Bonchev–Trinajstić information content (AvgIpc) is 3.12. The maximum absolute atomic E-state index is 13.9. The second-order valence-corrected chi connectivity index (χ2v) is 13.5. The van der Waals surface area contributed by atoms with Gasteiger partial charge in [0.2, 0.25) is 0 Å². The van der Waals surface area contributed by atoms with Crippen LogP contribution in [0.25, 0.3) is 0 Å². The smallest absolute Gasteiger partial charge is 0.342 e. The fraction of sp³-hybridized carbons (Fsp3) is 0.719. The molecule has 0 unspecified atom stereocenters. The lowest BCUT2D eigenvalue weighted by Crippen LogP contribution is -2.45. The van der Waals surface area contributed by atoms with E-state index in [-0.39, 0.29) is 46.1 Å². The van der Waals surface area contributed by atoms with Gasteiger partial charge in [-0.2, -0.15) is 0 Å². The Balaban J connectivity index is 1.56. The molecule has 4 aliphatic rings. The first kappa shape index (κ1) is 25.7. The first-order chi connectivity index (χ1) is 16.9. The number of allylic oxidation sites excluding steroid dienone is 2. The Morgan fingerprint density at radius 3 is 2.56 bits per heavy atom. The number of carbonyl (C=O) groups excluding carboxylic acids is 1. The molecule has 4 heteroatoms. The van der Waals surface area contributed by atoms with Crippen LogP contribution in [-0.4, -0.2) is 22.8 Å². The molecule has 3 aliphatic carbocycles. The fourth-order valence-electron chi connectivity index (χ4n) is 8.10. The van der Waals surface area contributed by atoms with Crippen molar-refractivity contribution < 1.29 is 19.4 Å². The first-order valence-corrected chi connectivity index (χ1v) is 14.4. The van der Waals surface area contributed by atoms with Crippen molar-refractivity contribution in [2.24, 2.45) is 22.7 Å². The Morgan fingerprint density at radius 2 is 1.92 bits per heavy atom. The number of hydrogen-bond donors (Lipinski definition) is 1. The summed E-state index contributed by atoms with van der Waals surface area (Å²) >= 11 is 0. The van der Waals surface area contributed by atoms with Crippen LogP contribution in [0.4, 0.5) is 0 Å². The van der Waals surface area contributed by atoms with Gasteiger partial charge in [-0.3, -0.25) is 0 Å². The molecule has 0 saturated heterocycles. The van der Waals surface area contributed by atoms with E-state index in [9.17, 15) is 9.90 Å². The van der Waals surface area contributed by atoms with Gasteiger partial charge in [-0.15, -0.1) is 0 Å². The Hall–Kier alpha value is -1.97. The van der Waals surface area contributed by atoms with Crippen LogP contribution in [0, 0.1) is 22.7 Å². The average molecular weight is 495 g/mol. The van der Waals surface area contributed by atoms with Gasteiger partial charge in [0.1, 0.15) is 28.8 Å². The number of carbonyl (C=O) groups is 1. The second kappa shape index (κ2) is 8.81. The summed E-state index contributed by atoms with van der Waals surface area (Å²) in [7, 11) is 0. The molecule has 1 aromatic carbocycles. The van der Waals surface area contributed by atoms with Gasteiger partial charge in [-0.1, -0.05) is 52.2 Å². The fourth-order valence-corrected chi connectivity index (χ4v) is 8.10. The zero-order valence-corrected chi connectivity index (χ0v) is 23.5. The first-order valence-electron chi connectivity index (χ1n) is 14.4. The second-order valence-electron chi connectivity index (χ2n) is 13.5. The summed E-state index contributed by atoms with van der Waals surface area (Å²) < 4.78 is 12.9. The highest BCUT2D eigenvalue weighted by atomic mass is 16.5. The van der Waals surface area contributed by atoms with Gasteiger partial charge >= 0.3 is 5.97 Å². The predicted molar refractivity (Wildman–Crippen MR) is 144 cm³/mol. The standard InChI is InChI=1S/C32H46O4/c1-8-9-10-11-20-17-24-27(22-16-19(2)12-13-23(22)31(5,6)36-24)28(33)26(20)29(34)35-25-18-21-14-15-32(25,7)30(21,3)4/h16-17,21-23,25,33H,8-15,18H2,1-7H3/t21-,22-,23-,25+,32-/m1/s1. The van der Waals surface area contributed by atoms with E-state index in [0.717, 1.165) is 68.2 Å². The number of phenols is 1. The lowest BCUT2D eigenvalue weighted by atomic mass is 9.67. The molecule has 0 amide bonds. The van der Waals surface area contributed by atoms with E-state index in [4.69, 9.17) is 9.47 Å². The summed E-state index contributed by atoms with van der Waals surface area (Å²) in [6, 6.07) is 2.05. The molecule has 1 N–H and O–H groups in total. The van der Waals surface area contributed by atoms with Crippen LogP contribution in [0.2, 0.25) is 0 Å². The van der Waals surface area contributed by atoms with E-state index >= 15 is 0 Å². The normalized spacial score (nSPS) is 33.4. The SMILES string of the molecule is CCCCCc1cc2c(c(O)c1C(=O)O[C@H]1C[C@H]3CC[C@@]1(C)C3(C)C)[C@@H]1C=C(C)CC[C@H]1C(C)(C)O2. The third-order valence-corrected chi connectivity index (χ3v) is 10.9. The molecule has 4 nitrogen and oxygen atoms in total. The Labute approximate surface area is 217 Å². The predicted octanol–water partition coefficient (Wildman–Crippen LogP) is 8.11. The van der Waals surface area contributed by atoms with Crippen molar-refractivity contribution in [1.82, 2.24) is 0 Å². The molecular weight excluding hydrogens is 448 g/mol. The molecule has 0 spiro atoms. The Kier molecular flexibility index (Phi) is 6.28. The molecule has 1 aliphatic heterocycles. The summed E-state index contributed by atoms with van der Waals surface area (Å²) in [4.78, 5) is 13.9. The van der Waals surface area contributed by atoms with E-state index in [1.165, 1.54) is 12.0 Å². The molecule has 1 heterocycles. The van der Waals surface area contributed by atoms with Gasteiger partial charge in [0.05, 0.1) is 0 Å². The number of ether oxygens (including phenoxy) is 2. The number of esters is 1. The zero-order chi connectivity index (χ0) is 26.0. The third kappa shape index (κ3) is 3.80. The largest absolute Gasteiger partial charge is 0.507 e. The minimum absolute atomic E-state index is 0.0129. The van der Waals surface area contributed by atoms with E-state index in [1.807, 2.05) is 6.07 Å². The van der Waals surface area contributed by atoms with Crippen molar-refractivity contribution in [3.05, 3.63) is 34.4 Å². The van der Waals surface area contributed by atoms with Gasteiger partial charge in [0, 0.05) is 22.8 Å². The minimum Gasteiger partial charge on any atom is -0.507 e. The van der Waals surface area contributed by atoms with Crippen LogP contribution < -0.4 is 4.74 Å². The summed E-state index contributed by atoms with van der Waals surface area (Å²) in [5, 5.41) is 11.8. The maximum atomic E-state index is 13.9. The van der Waals surface area contributed by atoms with Crippen LogP contribution in [-0.2, 0) is 11.2 Å². The van der Waals surface area contributed by atoms with Gasteiger partial charge in [0.15, 0.2) is 0 Å². The highest BCUT2D eigenvalue weighted by Gasteiger charge is 2.63. The summed E-state index contributed by atoms with van der Waals surface area (Å²) in [6.45, 7) is 15.6. The number of hydrogen-bond acceptors (Lipinski definition) is 4. The summed E-state index contributed by atoms with van der Waals surface area (Å²) in [6.07, 6.45) is 11.4. The zero-order valence-electron chi connectivity index (χ0n) is 23.5. The number of phenolic OH excluding ortho intramolecular Hbond substituents is 1. The van der Waals surface area contributed by atoms with Gasteiger partial charge in [-0.25, -0.2) is 4.79 Å². The molecule has 2 fully saturated rings. The molecule has 36 heavy (non-hydrogen) atoms. The van der Waals surface area contributed by atoms with Crippen molar-refractivity contribution in [2.75, 3.05) is 0 Å². The maximum Gasteiger partial charge on any atom is 0.342 e. The number of rotatable bonds is 6. The van der Waals surface area contributed by atoms with Gasteiger partial charge in [-0.05, 0) is 88.7 Å². The Morgan fingerprint density at radius 1 is 1.17 bits per heavy atom. The van der Waals surface area contributed by atoms with Crippen LogP contribution in [0.15, 0.2) is 17.7 Å². The number of aryl methyl sites for hydroxylation is 1. The van der Waals surface area contributed by atoms with E-state index in [1.54, 1.807) is 0 Å². The summed E-state index contributed by atoms with van der Waals surface area (Å²) in [5.41, 5.74) is 3.19. The molecule has 5 atom stereocenters. The van der Waals surface area contributed by atoms with Gasteiger partial charge in [0.25, 0.3) is 0 Å². The summed E-state index contributed by atoms with van der Waals surface area (Å²) in [5.74, 6) is 1.38. The lowest BCUT2D eigenvalue weighted by Gasteiger charge is -2.46. The molecule has 198 valence electrons. The van der Waals surface area contributed by atoms with Gasteiger partial charge < -0.3 is 14.6 Å². The van der Waals surface area contributed by atoms with E-state index in [2.05, 4.69) is 54.5 Å². The van der Waals surface area contributed by atoms with Crippen LogP contribution in [0.3, 0.4) is 0 Å². The van der Waals surface area contributed by atoms with Crippen molar-refractivity contribution in [2.45, 2.75) is 124 Å². The Bertz CT molecular complexity index is 1080.